The number of carbonyl (C=O) groups is 1. The average Bonchev–Trinajstić information content (AvgIpc) is 3.30. The van der Waals surface area contributed by atoms with Crippen molar-refractivity contribution in [3.05, 3.63) is 23.8 Å². The van der Waals surface area contributed by atoms with E-state index < -0.39 is 0 Å². The van der Waals surface area contributed by atoms with Crippen molar-refractivity contribution >= 4 is 51.0 Å². The number of benzene rings is 1. The highest BCUT2D eigenvalue weighted by Gasteiger charge is 2.35. The molecule has 1 N–H and O–H groups in total. The first-order chi connectivity index (χ1) is 13.8. The minimum atomic E-state index is -0.130. The van der Waals surface area contributed by atoms with Gasteiger partial charge in [-0.1, -0.05) is 22.5 Å². The molecule has 1 aromatic heterocycles. The van der Waals surface area contributed by atoms with Crippen LogP contribution in [-0.2, 0) is 4.79 Å². The summed E-state index contributed by atoms with van der Waals surface area (Å²) in [6.07, 6.45) is 0. The van der Waals surface area contributed by atoms with Crippen LogP contribution in [0.4, 0.5) is 10.3 Å². The summed E-state index contributed by atoms with van der Waals surface area (Å²) in [7, 11) is 6.83. The summed E-state index contributed by atoms with van der Waals surface area (Å²) in [6, 6.07) is 6.55. The van der Waals surface area contributed by atoms with Crippen LogP contribution in [-0.4, -0.2) is 77.5 Å². The van der Waals surface area contributed by atoms with Gasteiger partial charge in [-0.2, -0.15) is 0 Å². The van der Waals surface area contributed by atoms with Crippen molar-refractivity contribution in [1.29, 1.82) is 0 Å². The molecular weight excluding hydrogens is 387 g/mol. The number of piperazine rings is 1. The Hall–Kier alpha value is -2.20. The Labute approximate surface area is 177 Å². The zero-order valence-electron chi connectivity index (χ0n) is 17.3. The van der Waals surface area contributed by atoms with Crippen LogP contribution in [0.5, 0.6) is 11.5 Å². The SMILES string of the molecule is BC(B)(B)C(c1ccc2c(c1)OCO2)N1CCN(c2nnc(NC(C)=O)s2)CC1. The largest absolute Gasteiger partial charge is 0.454 e. The molecule has 0 aliphatic carbocycles. The number of amides is 1. The summed E-state index contributed by atoms with van der Waals surface area (Å²) in [5, 5.41) is 12.5. The highest BCUT2D eigenvalue weighted by atomic mass is 32.1. The van der Waals surface area contributed by atoms with Gasteiger partial charge in [0.25, 0.3) is 0 Å². The van der Waals surface area contributed by atoms with E-state index in [9.17, 15) is 4.79 Å². The third-order valence-corrected chi connectivity index (χ3v) is 6.08. The fourth-order valence-electron chi connectivity index (χ4n) is 4.06. The molecule has 2 aliphatic rings. The van der Waals surface area contributed by atoms with E-state index in [2.05, 4.69) is 61.0 Å². The van der Waals surface area contributed by atoms with Crippen molar-refractivity contribution in [3.63, 3.8) is 0 Å². The van der Waals surface area contributed by atoms with Crippen LogP contribution >= 0.6 is 11.3 Å². The van der Waals surface area contributed by atoms with Gasteiger partial charge in [0.15, 0.2) is 11.5 Å². The van der Waals surface area contributed by atoms with E-state index in [1.807, 2.05) is 6.07 Å². The average molecular weight is 411 g/mol. The van der Waals surface area contributed by atoms with E-state index in [0.29, 0.717) is 11.9 Å². The molecule has 1 atom stereocenters. The fourth-order valence-corrected chi connectivity index (χ4v) is 4.90. The van der Waals surface area contributed by atoms with Gasteiger partial charge in [-0.15, -0.1) is 10.2 Å². The molecule has 2 aliphatic heterocycles. The van der Waals surface area contributed by atoms with Crippen LogP contribution in [0.3, 0.4) is 0 Å². The van der Waals surface area contributed by atoms with Crippen LogP contribution in [0.15, 0.2) is 18.2 Å². The predicted octanol–water partition coefficient (Wildman–Crippen LogP) is -0.938. The topological polar surface area (TPSA) is 79.8 Å². The maximum atomic E-state index is 11.2. The van der Waals surface area contributed by atoms with Crippen molar-refractivity contribution in [2.75, 3.05) is 43.2 Å². The third kappa shape index (κ3) is 4.38. The van der Waals surface area contributed by atoms with Crippen LogP contribution in [0.1, 0.15) is 18.5 Å². The second-order valence-corrected chi connectivity index (χ2v) is 9.43. The van der Waals surface area contributed by atoms with Gasteiger partial charge in [-0.05, 0) is 17.7 Å². The van der Waals surface area contributed by atoms with E-state index in [1.165, 1.54) is 23.8 Å². The number of fused-ring (bicyclic) bond motifs is 1. The van der Waals surface area contributed by atoms with E-state index in [1.54, 1.807) is 0 Å². The molecule has 2 aromatic rings. The molecule has 1 amide bonds. The molecule has 1 fully saturated rings. The Balaban J connectivity index is 1.47. The number of nitrogens with zero attached hydrogens (tertiary/aromatic N) is 4. The van der Waals surface area contributed by atoms with E-state index in [4.69, 9.17) is 9.47 Å². The van der Waals surface area contributed by atoms with E-state index in [-0.39, 0.29) is 17.1 Å². The molecule has 1 saturated heterocycles. The lowest BCUT2D eigenvalue weighted by Gasteiger charge is -2.45. The number of hydrogen-bond acceptors (Lipinski definition) is 8. The van der Waals surface area contributed by atoms with Crippen LogP contribution < -0.4 is 19.7 Å². The first-order valence-corrected chi connectivity index (χ1v) is 10.6. The monoisotopic (exact) mass is 411 g/mol. The Kier molecular flexibility index (Phi) is 5.48. The number of ether oxygens (including phenoxy) is 2. The lowest BCUT2D eigenvalue weighted by atomic mass is 9.38. The molecule has 4 rings (SSSR count). The summed E-state index contributed by atoms with van der Waals surface area (Å²) in [6.45, 7) is 5.34. The summed E-state index contributed by atoms with van der Waals surface area (Å²) in [5.41, 5.74) is 1.25. The molecular formula is C17H24B3N5O3S. The molecule has 1 aromatic carbocycles. The summed E-state index contributed by atoms with van der Waals surface area (Å²) in [4.78, 5) is 16.0. The van der Waals surface area contributed by atoms with Gasteiger partial charge in [0, 0.05) is 39.1 Å². The van der Waals surface area contributed by atoms with Gasteiger partial charge in [0.2, 0.25) is 23.0 Å². The molecule has 8 nitrogen and oxygen atoms in total. The highest BCUT2D eigenvalue weighted by molar-refractivity contribution is 7.19. The Morgan fingerprint density at radius 1 is 1.17 bits per heavy atom. The molecule has 0 radical (unpaired) electrons. The van der Waals surface area contributed by atoms with Gasteiger partial charge in [0.05, 0.1) is 23.5 Å². The maximum absolute atomic E-state index is 11.2. The molecule has 150 valence electrons. The quantitative estimate of drug-likeness (QED) is 0.637. The number of anilines is 2. The van der Waals surface area contributed by atoms with Gasteiger partial charge in [0.1, 0.15) is 0 Å². The number of carbonyl (C=O) groups excluding carboxylic acids is 1. The van der Waals surface area contributed by atoms with Crippen LogP contribution in [0, 0.1) is 0 Å². The second-order valence-electron chi connectivity index (χ2n) is 8.48. The van der Waals surface area contributed by atoms with E-state index in [0.717, 1.165) is 42.8 Å². The summed E-state index contributed by atoms with van der Waals surface area (Å²) < 4.78 is 11.1. The van der Waals surface area contributed by atoms with E-state index >= 15 is 0 Å². The van der Waals surface area contributed by atoms with Crippen molar-refractivity contribution < 1.29 is 14.3 Å². The lowest BCUT2D eigenvalue weighted by molar-refractivity contribution is -0.114. The van der Waals surface area contributed by atoms with Gasteiger partial charge >= 0.3 is 0 Å². The number of rotatable bonds is 5. The van der Waals surface area contributed by atoms with Crippen molar-refractivity contribution in [3.8, 4) is 11.5 Å². The zero-order valence-corrected chi connectivity index (χ0v) is 18.1. The normalized spacial score (nSPS) is 17.9. The lowest BCUT2D eigenvalue weighted by Crippen LogP contribution is -2.50. The van der Waals surface area contributed by atoms with Crippen LogP contribution in [0.2, 0.25) is 5.11 Å². The Bertz CT molecular complexity index is 899. The minimum Gasteiger partial charge on any atom is -0.454 e. The number of aromatic nitrogens is 2. The van der Waals surface area contributed by atoms with Gasteiger partial charge < -0.3 is 19.7 Å². The first-order valence-electron chi connectivity index (χ1n) is 9.81. The zero-order chi connectivity index (χ0) is 20.6. The smallest absolute Gasteiger partial charge is 0.231 e. The minimum absolute atomic E-state index is 0.0666. The third-order valence-electron chi connectivity index (χ3n) is 5.18. The van der Waals surface area contributed by atoms with Gasteiger partial charge in [-0.3, -0.25) is 9.69 Å². The Morgan fingerprint density at radius 2 is 1.90 bits per heavy atom. The highest BCUT2D eigenvalue weighted by Crippen LogP contribution is 2.42. The second kappa shape index (κ2) is 7.91. The first kappa shape index (κ1) is 20.1. The number of hydrogen-bond donors (Lipinski definition) is 1. The van der Waals surface area contributed by atoms with Gasteiger partial charge in [-0.25, -0.2) is 0 Å². The molecule has 29 heavy (non-hydrogen) atoms. The fraction of sp³-hybridized carbons (Fsp3) is 0.471. The molecule has 12 heteroatoms. The number of nitrogens with one attached hydrogen (secondary N) is 1. The molecule has 0 bridgehead atoms. The molecule has 0 saturated carbocycles. The maximum Gasteiger partial charge on any atom is 0.231 e. The molecule has 1 unspecified atom stereocenters. The van der Waals surface area contributed by atoms with Crippen molar-refractivity contribution in [1.82, 2.24) is 15.1 Å². The summed E-state index contributed by atoms with van der Waals surface area (Å²) >= 11 is 1.42. The van der Waals surface area contributed by atoms with Crippen molar-refractivity contribution in [2.24, 2.45) is 0 Å². The molecule has 3 heterocycles. The standard InChI is InChI=1S/C17H24B3N5O3S/c1-10(26)21-15-22-23-16(29-15)25-6-4-24(5-7-25)14(17(18,19)20)11-2-3-12-13(8-11)28-9-27-12/h2-3,8,14H,4-7,9,18-20H2,1H3,(H,21,22,26). The molecule has 0 spiro atoms. The predicted molar refractivity (Wildman–Crippen MR) is 122 cm³/mol. The van der Waals surface area contributed by atoms with Crippen molar-refractivity contribution in [2.45, 2.75) is 18.1 Å². The van der Waals surface area contributed by atoms with Crippen LogP contribution in [0.25, 0.3) is 0 Å². The Morgan fingerprint density at radius 3 is 2.59 bits per heavy atom. The summed E-state index contributed by atoms with van der Waals surface area (Å²) in [5.74, 6) is 1.52.